The van der Waals surface area contributed by atoms with E-state index in [1.807, 2.05) is 16.9 Å². The van der Waals surface area contributed by atoms with Gasteiger partial charge in [0.1, 0.15) is 5.76 Å². The summed E-state index contributed by atoms with van der Waals surface area (Å²) in [6.45, 7) is 3.84. The summed E-state index contributed by atoms with van der Waals surface area (Å²) in [6.07, 6.45) is 6.24. The first kappa shape index (κ1) is 15.1. The van der Waals surface area contributed by atoms with Gasteiger partial charge in [-0.3, -0.25) is 4.90 Å². The Bertz CT molecular complexity index is 818. The molecule has 5 nitrogen and oxygen atoms in total. The van der Waals surface area contributed by atoms with Crippen LogP contribution < -0.4 is 0 Å². The summed E-state index contributed by atoms with van der Waals surface area (Å²) < 4.78 is 7.32. The highest BCUT2D eigenvalue weighted by Gasteiger charge is 2.27. The first-order chi connectivity index (χ1) is 11.7. The van der Waals surface area contributed by atoms with E-state index in [4.69, 9.17) is 4.52 Å². The van der Waals surface area contributed by atoms with Crippen molar-refractivity contribution in [2.24, 2.45) is 0 Å². The van der Waals surface area contributed by atoms with Gasteiger partial charge in [0.15, 0.2) is 0 Å². The van der Waals surface area contributed by atoms with Gasteiger partial charge >= 0.3 is 0 Å². The van der Waals surface area contributed by atoms with E-state index in [1.165, 1.54) is 24.0 Å². The average Bonchev–Trinajstić information content (AvgIpc) is 3.08. The lowest BCUT2D eigenvalue weighted by molar-refractivity contribution is 0.300. The lowest BCUT2D eigenvalue weighted by Crippen LogP contribution is -2.18. The van der Waals surface area contributed by atoms with Gasteiger partial charge in [0.2, 0.25) is 0 Å². The van der Waals surface area contributed by atoms with E-state index in [9.17, 15) is 0 Å². The monoisotopic (exact) mass is 322 g/mol. The van der Waals surface area contributed by atoms with Gasteiger partial charge in [0.05, 0.1) is 11.4 Å². The molecule has 124 valence electrons. The maximum Gasteiger partial charge on any atom is 0.140 e. The molecule has 0 amide bonds. The van der Waals surface area contributed by atoms with Gasteiger partial charge < -0.3 is 4.52 Å². The molecule has 1 aliphatic rings. The van der Waals surface area contributed by atoms with Crippen LogP contribution in [0, 0.1) is 6.92 Å². The second-order valence-electron chi connectivity index (χ2n) is 6.73. The molecule has 1 aliphatic carbocycles. The number of aromatic nitrogens is 3. The molecule has 5 heteroatoms. The Morgan fingerprint density at radius 1 is 1.25 bits per heavy atom. The van der Waals surface area contributed by atoms with E-state index in [0.29, 0.717) is 5.92 Å². The number of hydrogen-bond acceptors (Lipinski definition) is 4. The Balaban J connectivity index is 1.42. The SMILES string of the molecule is Cc1cc(-n2cccn2)ccc1CN(C)Cc1cc(C2CC2)on1. The minimum Gasteiger partial charge on any atom is -0.361 e. The fraction of sp³-hybridized carbons (Fsp3) is 0.368. The van der Waals surface area contributed by atoms with Gasteiger partial charge in [-0.1, -0.05) is 11.2 Å². The van der Waals surface area contributed by atoms with E-state index >= 15 is 0 Å². The highest BCUT2D eigenvalue weighted by Crippen LogP contribution is 2.40. The predicted molar refractivity (Wildman–Crippen MR) is 92.0 cm³/mol. The number of hydrogen-bond donors (Lipinski definition) is 0. The summed E-state index contributed by atoms with van der Waals surface area (Å²) >= 11 is 0. The molecule has 4 rings (SSSR count). The molecule has 1 fully saturated rings. The first-order valence-corrected chi connectivity index (χ1v) is 8.42. The first-order valence-electron chi connectivity index (χ1n) is 8.42. The van der Waals surface area contributed by atoms with Gasteiger partial charge in [-0.25, -0.2) is 4.68 Å². The zero-order valence-corrected chi connectivity index (χ0v) is 14.1. The van der Waals surface area contributed by atoms with Gasteiger partial charge in [-0.2, -0.15) is 5.10 Å². The summed E-state index contributed by atoms with van der Waals surface area (Å²) in [5.41, 5.74) is 4.70. The Hall–Kier alpha value is -2.40. The summed E-state index contributed by atoms with van der Waals surface area (Å²) in [7, 11) is 2.12. The number of benzene rings is 1. The molecule has 24 heavy (non-hydrogen) atoms. The van der Waals surface area contributed by atoms with Gasteiger partial charge in [-0.15, -0.1) is 0 Å². The van der Waals surface area contributed by atoms with Crippen molar-refractivity contribution < 1.29 is 4.52 Å². The van der Waals surface area contributed by atoms with Crippen LogP contribution >= 0.6 is 0 Å². The molecule has 0 N–H and O–H groups in total. The number of nitrogens with zero attached hydrogens (tertiary/aromatic N) is 4. The summed E-state index contributed by atoms with van der Waals surface area (Å²) in [6, 6.07) is 10.5. The summed E-state index contributed by atoms with van der Waals surface area (Å²) in [5.74, 6) is 1.67. The van der Waals surface area contributed by atoms with Crippen LogP contribution in [0.1, 0.15) is 41.3 Å². The molecule has 2 aromatic heterocycles. The van der Waals surface area contributed by atoms with E-state index in [2.05, 4.69) is 53.4 Å². The molecule has 0 saturated heterocycles. The molecule has 0 radical (unpaired) electrons. The van der Waals surface area contributed by atoms with Crippen LogP contribution in [0.15, 0.2) is 47.2 Å². The molecule has 0 atom stereocenters. The van der Waals surface area contributed by atoms with Gasteiger partial charge in [-0.05, 0) is 56.1 Å². The zero-order valence-electron chi connectivity index (χ0n) is 14.1. The van der Waals surface area contributed by atoms with Crippen molar-refractivity contribution >= 4 is 0 Å². The Kier molecular flexibility index (Phi) is 3.94. The third-order valence-corrected chi connectivity index (χ3v) is 4.52. The fourth-order valence-corrected chi connectivity index (χ4v) is 3.01. The quantitative estimate of drug-likeness (QED) is 0.694. The predicted octanol–water partition coefficient (Wildman–Crippen LogP) is 3.68. The topological polar surface area (TPSA) is 47.1 Å². The average molecular weight is 322 g/mol. The van der Waals surface area contributed by atoms with Crippen LogP contribution in [-0.4, -0.2) is 26.9 Å². The fourth-order valence-electron chi connectivity index (χ4n) is 3.01. The highest BCUT2D eigenvalue weighted by atomic mass is 16.5. The Morgan fingerprint density at radius 3 is 2.83 bits per heavy atom. The molecule has 0 unspecified atom stereocenters. The summed E-state index contributed by atoms with van der Waals surface area (Å²) in [5, 5.41) is 8.48. The van der Waals surface area contributed by atoms with Crippen LogP contribution in [0.3, 0.4) is 0 Å². The van der Waals surface area contributed by atoms with Gasteiger partial charge in [0.25, 0.3) is 0 Å². The van der Waals surface area contributed by atoms with E-state index in [-0.39, 0.29) is 0 Å². The maximum atomic E-state index is 5.43. The van der Waals surface area contributed by atoms with E-state index < -0.39 is 0 Å². The van der Waals surface area contributed by atoms with Crippen LogP contribution in [0.2, 0.25) is 0 Å². The third-order valence-electron chi connectivity index (χ3n) is 4.52. The zero-order chi connectivity index (χ0) is 16.5. The standard InChI is InChI=1S/C19H22N4O/c1-14-10-18(23-9-3-8-20-23)7-6-16(14)12-22(2)13-17-11-19(24-21-17)15-4-5-15/h3,6-11,15H,4-5,12-13H2,1-2H3. The van der Waals surface area contributed by atoms with Gasteiger partial charge in [0, 0.05) is 37.5 Å². The number of aryl methyl sites for hydroxylation is 1. The Labute approximate surface area is 141 Å². The van der Waals surface area contributed by atoms with Crippen molar-refractivity contribution in [2.75, 3.05) is 7.05 Å². The van der Waals surface area contributed by atoms with Crippen molar-refractivity contribution in [3.05, 3.63) is 65.3 Å². The van der Waals surface area contributed by atoms with Crippen LogP contribution in [0.5, 0.6) is 0 Å². The number of rotatable bonds is 6. The molecule has 2 heterocycles. The molecule has 3 aromatic rings. The molecule has 0 spiro atoms. The second-order valence-corrected chi connectivity index (χ2v) is 6.73. The molecule has 1 aromatic carbocycles. The van der Waals surface area contributed by atoms with Crippen LogP contribution in [0.4, 0.5) is 0 Å². The molecule has 0 bridgehead atoms. The summed E-state index contributed by atoms with van der Waals surface area (Å²) in [4.78, 5) is 2.27. The lowest BCUT2D eigenvalue weighted by atomic mass is 10.1. The molecular formula is C19H22N4O. The molecule has 1 saturated carbocycles. The minimum atomic E-state index is 0.619. The molecule has 0 aliphatic heterocycles. The minimum absolute atomic E-state index is 0.619. The Morgan fingerprint density at radius 2 is 2.12 bits per heavy atom. The van der Waals surface area contributed by atoms with Crippen molar-refractivity contribution in [2.45, 2.75) is 38.8 Å². The van der Waals surface area contributed by atoms with Crippen molar-refractivity contribution in [1.29, 1.82) is 0 Å². The van der Waals surface area contributed by atoms with Crippen molar-refractivity contribution in [3.63, 3.8) is 0 Å². The highest BCUT2D eigenvalue weighted by molar-refractivity contribution is 5.39. The van der Waals surface area contributed by atoms with Crippen LogP contribution in [0.25, 0.3) is 5.69 Å². The maximum absolute atomic E-state index is 5.43. The second kappa shape index (κ2) is 6.24. The third kappa shape index (κ3) is 3.26. The van der Waals surface area contributed by atoms with E-state index in [0.717, 1.165) is 30.2 Å². The van der Waals surface area contributed by atoms with Crippen molar-refractivity contribution in [3.8, 4) is 5.69 Å². The normalized spacial score (nSPS) is 14.5. The van der Waals surface area contributed by atoms with Crippen molar-refractivity contribution in [1.82, 2.24) is 19.8 Å². The smallest absolute Gasteiger partial charge is 0.140 e. The van der Waals surface area contributed by atoms with E-state index in [1.54, 1.807) is 6.20 Å². The molecular weight excluding hydrogens is 300 g/mol. The largest absolute Gasteiger partial charge is 0.361 e. The van der Waals surface area contributed by atoms with Crippen LogP contribution in [-0.2, 0) is 13.1 Å². The lowest BCUT2D eigenvalue weighted by Gasteiger charge is -2.17.